The van der Waals surface area contributed by atoms with Gasteiger partial charge in [-0.3, -0.25) is 0 Å². The van der Waals surface area contributed by atoms with Gasteiger partial charge in [-0.05, 0) is 68.1 Å². The van der Waals surface area contributed by atoms with Crippen molar-refractivity contribution in [3.63, 3.8) is 0 Å². The molecule has 154 valence electrons. The van der Waals surface area contributed by atoms with Crippen LogP contribution in [0.5, 0.6) is 0 Å². The highest BCUT2D eigenvalue weighted by atomic mass is 16.4. The maximum atomic E-state index is 11.3. The molecule has 2 N–H and O–H groups in total. The van der Waals surface area contributed by atoms with Crippen molar-refractivity contribution in [2.45, 2.75) is 0 Å². The lowest BCUT2D eigenvalue weighted by atomic mass is 9.86. The Kier molecular flexibility index (Phi) is 4.68. The summed E-state index contributed by atoms with van der Waals surface area (Å²) < 4.78 is 0. The fourth-order valence-electron chi connectivity index (χ4n) is 4.31. The zero-order valence-corrected chi connectivity index (χ0v) is 16.9. The quantitative estimate of drug-likeness (QED) is 0.318. The maximum Gasteiger partial charge on any atom is 0.335 e. The van der Waals surface area contributed by atoms with Gasteiger partial charge in [0.15, 0.2) is 0 Å². The summed E-state index contributed by atoms with van der Waals surface area (Å²) in [6.45, 7) is 0. The summed E-state index contributed by atoms with van der Waals surface area (Å²) in [6, 6.07) is 30.1. The zero-order valence-electron chi connectivity index (χ0n) is 16.9. The van der Waals surface area contributed by atoms with Crippen molar-refractivity contribution in [3.05, 3.63) is 108 Å². The molecule has 0 aromatic heterocycles. The van der Waals surface area contributed by atoms with Crippen molar-refractivity contribution < 1.29 is 19.8 Å². The van der Waals surface area contributed by atoms with Crippen LogP contribution in [0.25, 0.3) is 43.8 Å². The van der Waals surface area contributed by atoms with E-state index in [0.717, 1.165) is 43.8 Å². The molecule has 0 bridgehead atoms. The SMILES string of the molecule is O=C(O)c1ccc(-c2c3ccccc3c(-c3ccc(C(=O)O)cc3)c3ccccc23)cc1. The minimum atomic E-state index is -0.952. The second-order valence-corrected chi connectivity index (χ2v) is 7.61. The molecule has 0 aliphatic heterocycles. The highest BCUT2D eigenvalue weighted by Crippen LogP contribution is 2.43. The first-order valence-corrected chi connectivity index (χ1v) is 10.2. The van der Waals surface area contributed by atoms with Crippen molar-refractivity contribution in [1.82, 2.24) is 0 Å². The predicted molar refractivity (Wildman–Crippen MR) is 126 cm³/mol. The summed E-state index contributed by atoms with van der Waals surface area (Å²) in [6.07, 6.45) is 0. The average molecular weight is 418 g/mol. The van der Waals surface area contributed by atoms with Gasteiger partial charge in [-0.2, -0.15) is 0 Å². The normalized spacial score (nSPS) is 11.0. The molecule has 0 amide bonds. The Balaban J connectivity index is 1.85. The van der Waals surface area contributed by atoms with Gasteiger partial charge in [0.25, 0.3) is 0 Å². The summed E-state index contributed by atoms with van der Waals surface area (Å²) >= 11 is 0. The Bertz CT molecular complexity index is 1320. The van der Waals surface area contributed by atoms with E-state index in [1.807, 2.05) is 48.5 Å². The molecule has 32 heavy (non-hydrogen) atoms. The first kappa shape index (κ1) is 19.5. The van der Waals surface area contributed by atoms with E-state index < -0.39 is 11.9 Å². The standard InChI is InChI=1S/C28H18O4/c29-27(30)19-13-9-17(10-14-19)25-21-5-1-2-6-22(21)26(24-8-4-3-7-23(24)25)18-11-15-20(16-12-18)28(31)32/h1-16H,(H,29,30)(H,31,32). The van der Waals surface area contributed by atoms with E-state index in [2.05, 4.69) is 24.3 Å². The molecular weight excluding hydrogens is 400 g/mol. The van der Waals surface area contributed by atoms with Gasteiger partial charge < -0.3 is 10.2 Å². The van der Waals surface area contributed by atoms with Crippen molar-refractivity contribution in [1.29, 1.82) is 0 Å². The van der Waals surface area contributed by atoms with E-state index in [1.54, 1.807) is 24.3 Å². The molecule has 0 atom stereocenters. The summed E-state index contributed by atoms with van der Waals surface area (Å²) in [5.74, 6) is -1.90. The number of carboxylic acid groups (broad SMARTS) is 2. The molecule has 0 unspecified atom stereocenters. The third-order valence-corrected chi connectivity index (χ3v) is 5.77. The Morgan fingerprint density at radius 2 is 0.719 bits per heavy atom. The number of hydrogen-bond acceptors (Lipinski definition) is 2. The lowest BCUT2D eigenvalue weighted by Crippen LogP contribution is -1.96. The largest absolute Gasteiger partial charge is 0.478 e. The van der Waals surface area contributed by atoms with Crippen LogP contribution in [0.1, 0.15) is 20.7 Å². The molecule has 0 saturated heterocycles. The number of hydrogen-bond donors (Lipinski definition) is 2. The second-order valence-electron chi connectivity index (χ2n) is 7.61. The lowest BCUT2D eigenvalue weighted by Gasteiger charge is -2.17. The summed E-state index contributed by atoms with van der Waals surface area (Å²) in [4.78, 5) is 22.6. The van der Waals surface area contributed by atoms with Crippen molar-refractivity contribution >= 4 is 33.5 Å². The molecular formula is C28H18O4. The van der Waals surface area contributed by atoms with Crippen LogP contribution in [0.2, 0.25) is 0 Å². The van der Waals surface area contributed by atoms with Gasteiger partial charge in [0.2, 0.25) is 0 Å². The molecule has 4 nitrogen and oxygen atoms in total. The van der Waals surface area contributed by atoms with Gasteiger partial charge in [-0.25, -0.2) is 9.59 Å². The van der Waals surface area contributed by atoms with Gasteiger partial charge in [-0.15, -0.1) is 0 Å². The zero-order chi connectivity index (χ0) is 22.2. The van der Waals surface area contributed by atoms with E-state index in [9.17, 15) is 19.8 Å². The van der Waals surface area contributed by atoms with Crippen molar-refractivity contribution in [3.8, 4) is 22.3 Å². The fraction of sp³-hybridized carbons (Fsp3) is 0. The van der Waals surface area contributed by atoms with Crippen molar-refractivity contribution in [2.24, 2.45) is 0 Å². The minimum Gasteiger partial charge on any atom is -0.478 e. The highest BCUT2D eigenvalue weighted by Gasteiger charge is 2.17. The first-order valence-electron chi connectivity index (χ1n) is 10.2. The molecule has 5 rings (SSSR count). The summed E-state index contributed by atoms with van der Waals surface area (Å²) in [5.41, 5.74) is 4.46. The van der Waals surface area contributed by atoms with Gasteiger partial charge in [0, 0.05) is 0 Å². The van der Waals surface area contributed by atoms with E-state index in [4.69, 9.17) is 0 Å². The molecule has 0 aliphatic carbocycles. The second kappa shape index (κ2) is 7.67. The van der Waals surface area contributed by atoms with Crippen LogP contribution in [0.3, 0.4) is 0 Å². The van der Waals surface area contributed by atoms with Crippen LogP contribution >= 0.6 is 0 Å². The van der Waals surface area contributed by atoms with Gasteiger partial charge in [0.1, 0.15) is 0 Å². The van der Waals surface area contributed by atoms with E-state index >= 15 is 0 Å². The third kappa shape index (κ3) is 3.19. The first-order chi connectivity index (χ1) is 15.5. The summed E-state index contributed by atoms with van der Waals surface area (Å²) in [7, 11) is 0. The van der Waals surface area contributed by atoms with Crippen LogP contribution in [-0.2, 0) is 0 Å². The highest BCUT2D eigenvalue weighted by molar-refractivity contribution is 6.21. The van der Waals surface area contributed by atoms with E-state index in [1.165, 1.54) is 0 Å². The number of aromatic carboxylic acids is 2. The number of benzene rings is 5. The smallest absolute Gasteiger partial charge is 0.335 e. The molecule has 0 radical (unpaired) electrons. The minimum absolute atomic E-state index is 0.248. The monoisotopic (exact) mass is 418 g/mol. The Hall–Kier alpha value is -4.44. The lowest BCUT2D eigenvalue weighted by molar-refractivity contribution is 0.0686. The topological polar surface area (TPSA) is 74.6 Å². The molecule has 0 spiro atoms. The van der Waals surface area contributed by atoms with Crippen LogP contribution in [0.4, 0.5) is 0 Å². The molecule has 4 heteroatoms. The molecule has 0 fully saturated rings. The van der Waals surface area contributed by atoms with Crippen molar-refractivity contribution in [2.75, 3.05) is 0 Å². The van der Waals surface area contributed by atoms with Gasteiger partial charge >= 0.3 is 11.9 Å². The Morgan fingerprint density at radius 3 is 0.969 bits per heavy atom. The van der Waals surface area contributed by atoms with Crippen LogP contribution < -0.4 is 0 Å². The van der Waals surface area contributed by atoms with Gasteiger partial charge in [0.05, 0.1) is 11.1 Å². The average Bonchev–Trinajstić information content (AvgIpc) is 2.82. The predicted octanol–water partition coefficient (Wildman–Crippen LogP) is 6.72. The van der Waals surface area contributed by atoms with Gasteiger partial charge in [-0.1, -0.05) is 72.8 Å². The number of rotatable bonds is 4. The van der Waals surface area contributed by atoms with Crippen LogP contribution in [0.15, 0.2) is 97.1 Å². The fourth-order valence-corrected chi connectivity index (χ4v) is 4.31. The molecule has 5 aromatic carbocycles. The molecule has 0 aliphatic rings. The van der Waals surface area contributed by atoms with E-state index in [-0.39, 0.29) is 11.1 Å². The number of carboxylic acids is 2. The molecule has 0 heterocycles. The van der Waals surface area contributed by atoms with E-state index in [0.29, 0.717) is 0 Å². The summed E-state index contributed by atoms with van der Waals surface area (Å²) in [5, 5.41) is 22.7. The van der Waals surface area contributed by atoms with Crippen LogP contribution in [0, 0.1) is 0 Å². The number of fused-ring (bicyclic) bond motifs is 2. The Labute approximate surface area is 184 Å². The Morgan fingerprint density at radius 1 is 0.438 bits per heavy atom. The molecule has 0 saturated carbocycles. The maximum absolute atomic E-state index is 11.3. The van der Waals surface area contributed by atoms with Crippen LogP contribution in [-0.4, -0.2) is 22.2 Å². The molecule has 5 aromatic rings. The number of carbonyl (C=O) groups is 2. The third-order valence-electron chi connectivity index (χ3n) is 5.77.